The minimum absolute atomic E-state index is 0.260. The molecule has 0 atom stereocenters. The summed E-state index contributed by atoms with van der Waals surface area (Å²) >= 11 is 0. The maximum atomic E-state index is 11.2. The van der Waals surface area contributed by atoms with E-state index < -0.39 is 5.97 Å². The molecule has 0 fully saturated rings. The fourth-order valence-electron chi connectivity index (χ4n) is 1.89. The van der Waals surface area contributed by atoms with E-state index in [1.807, 2.05) is 49.3 Å². The highest BCUT2D eigenvalue weighted by molar-refractivity contribution is 5.95. The average Bonchev–Trinajstić information content (AvgIpc) is 2.39. The van der Waals surface area contributed by atoms with Crippen LogP contribution in [0.5, 0.6) is 0 Å². The van der Waals surface area contributed by atoms with Gasteiger partial charge in [0, 0.05) is 14.1 Å². The summed E-state index contributed by atoms with van der Waals surface area (Å²) in [4.78, 5) is 13.2. The second-order valence-electron chi connectivity index (χ2n) is 4.39. The van der Waals surface area contributed by atoms with Crippen molar-refractivity contribution < 1.29 is 9.90 Å². The highest BCUT2D eigenvalue weighted by Crippen LogP contribution is 2.28. The molecule has 2 rings (SSSR count). The van der Waals surface area contributed by atoms with Crippen LogP contribution in [0, 0.1) is 0 Å². The Hall–Kier alpha value is -2.49. The number of carboxylic acids is 1. The van der Waals surface area contributed by atoms with Gasteiger partial charge in [-0.05, 0) is 24.3 Å². The Bertz CT molecular complexity index is 594. The van der Waals surface area contributed by atoms with E-state index >= 15 is 0 Å². The largest absolute Gasteiger partial charge is 0.478 e. The van der Waals surface area contributed by atoms with Crippen LogP contribution in [0.15, 0.2) is 48.5 Å². The molecule has 0 heterocycles. The van der Waals surface area contributed by atoms with Crippen LogP contribution in [-0.4, -0.2) is 25.2 Å². The lowest BCUT2D eigenvalue weighted by molar-refractivity contribution is 0.0698. The van der Waals surface area contributed by atoms with Gasteiger partial charge in [-0.2, -0.15) is 0 Å². The summed E-state index contributed by atoms with van der Waals surface area (Å²) in [5, 5.41) is 12.4. The van der Waals surface area contributed by atoms with E-state index in [4.69, 9.17) is 0 Å². The predicted molar refractivity (Wildman–Crippen MR) is 77.5 cm³/mol. The van der Waals surface area contributed by atoms with Crippen molar-refractivity contribution in [1.82, 2.24) is 0 Å². The van der Waals surface area contributed by atoms with Crippen LogP contribution < -0.4 is 10.2 Å². The Kier molecular flexibility index (Phi) is 3.71. The van der Waals surface area contributed by atoms with Crippen LogP contribution in [0.2, 0.25) is 0 Å². The first kappa shape index (κ1) is 13.0. The highest BCUT2D eigenvalue weighted by Gasteiger charge is 2.10. The van der Waals surface area contributed by atoms with Crippen molar-refractivity contribution in [3.63, 3.8) is 0 Å². The van der Waals surface area contributed by atoms with Gasteiger partial charge in [0.05, 0.1) is 22.6 Å². The summed E-state index contributed by atoms with van der Waals surface area (Å²) in [6, 6.07) is 14.6. The molecule has 2 N–H and O–H groups in total. The van der Waals surface area contributed by atoms with Crippen molar-refractivity contribution >= 4 is 23.0 Å². The number of aromatic carboxylic acids is 1. The molecule has 0 aliphatic heterocycles. The van der Waals surface area contributed by atoms with Gasteiger partial charge in [0.15, 0.2) is 0 Å². The molecule has 98 valence electrons. The Balaban J connectivity index is 2.39. The number of para-hydroxylation sites is 3. The molecule has 0 aliphatic carbocycles. The number of rotatable bonds is 4. The molecule has 0 aromatic heterocycles. The quantitative estimate of drug-likeness (QED) is 0.882. The van der Waals surface area contributed by atoms with E-state index in [2.05, 4.69) is 5.32 Å². The third-order valence-electron chi connectivity index (χ3n) is 2.81. The Labute approximate surface area is 112 Å². The second kappa shape index (κ2) is 5.44. The molecule has 0 aliphatic rings. The number of nitrogens with zero attached hydrogens (tertiary/aromatic N) is 1. The van der Waals surface area contributed by atoms with E-state index in [9.17, 15) is 9.90 Å². The molecule has 0 amide bonds. The molecule has 2 aromatic carbocycles. The molecule has 2 aromatic rings. The van der Waals surface area contributed by atoms with Crippen LogP contribution >= 0.6 is 0 Å². The van der Waals surface area contributed by atoms with Gasteiger partial charge in [0.1, 0.15) is 0 Å². The smallest absolute Gasteiger partial charge is 0.337 e. The van der Waals surface area contributed by atoms with Gasteiger partial charge in [-0.15, -0.1) is 0 Å². The summed E-state index contributed by atoms with van der Waals surface area (Å²) in [6.07, 6.45) is 0. The standard InChI is InChI=1S/C15H16N2O2/c1-17(2)14-10-6-5-9-13(14)16-12-8-4-3-7-11(12)15(18)19/h3-10,16H,1-2H3,(H,18,19). The lowest BCUT2D eigenvalue weighted by Crippen LogP contribution is -2.11. The van der Waals surface area contributed by atoms with Gasteiger partial charge < -0.3 is 15.3 Å². The van der Waals surface area contributed by atoms with Crippen molar-refractivity contribution in [1.29, 1.82) is 0 Å². The van der Waals surface area contributed by atoms with E-state index in [-0.39, 0.29) is 5.56 Å². The van der Waals surface area contributed by atoms with Crippen molar-refractivity contribution in [3.8, 4) is 0 Å². The van der Waals surface area contributed by atoms with E-state index in [1.165, 1.54) is 0 Å². The number of carboxylic acid groups (broad SMARTS) is 1. The average molecular weight is 256 g/mol. The zero-order chi connectivity index (χ0) is 13.8. The lowest BCUT2D eigenvalue weighted by Gasteiger charge is -2.19. The fraction of sp³-hybridized carbons (Fsp3) is 0.133. The predicted octanol–water partition coefficient (Wildman–Crippen LogP) is 3.19. The third-order valence-corrected chi connectivity index (χ3v) is 2.81. The molecule has 0 unspecified atom stereocenters. The summed E-state index contributed by atoms with van der Waals surface area (Å²) in [5.74, 6) is -0.939. The maximum Gasteiger partial charge on any atom is 0.337 e. The number of hydrogen-bond acceptors (Lipinski definition) is 3. The van der Waals surface area contributed by atoms with Gasteiger partial charge in [-0.3, -0.25) is 0 Å². The summed E-state index contributed by atoms with van der Waals surface area (Å²) < 4.78 is 0. The molecule has 0 saturated heterocycles. The first-order chi connectivity index (χ1) is 9.09. The van der Waals surface area contributed by atoms with Gasteiger partial charge in [0.25, 0.3) is 0 Å². The van der Waals surface area contributed by atoms with Crippen molar-refractivity contribution in [2.24, 2.45) is 0 Å². The van der Waals surface area contributed by atoms with Crippen LogP contribution in [0.25, 0.3) is 0 Å². The molecule has 19 heavy (non-hydrogen) atoms. The molecule has 0 bridgehead atoms. The summed E-state index contributed by atoms with van der Waals surface area (Å²) in [7, 11) is 3.90. The first-order valence-corrected chi connectivity index (χ1v) is 5.95. The number of carbonyl (C=O) groups is 1. The molecule has 4 heteroatoms. The second-order valence-corrected chi connectivity index (χ2v) is 4.39. The third kappa shape index (κ3) is 2.85. The zero-order valence-electron chi connectivity index (χ0n) is 10.9. The summed E-state index contributed by atoms with van der Waals surface area (Å²) in [5.41, 5.74) is 2.73. The Morgan fingerprint density at radius 1 is 1.00 bits per heavy atom. The van der Waals surface area contributed by atoms with Crippen LogP contribution in [0.3, 0.4) is 0 Å². The van der Waals surface area contributed by atoms with Crippen molar-refractivity contribution in [2.45, 2.75) is 0 Å². The normalized spacial score (nSPS) is 10.0. The highest BCUT2D eigenvalue weighted by atomic mass is 16.4. The van der Waals surface area contributed by atoms with E-state index in [1.54, 1.807) is 18.2 Å². The van der Waals surface area contributed by atoms with Gasteiger partial charge in [-0.25, -0.2) is 4.79 Å². The molecule has 4 nitrogen and oxygen atoms in total. The number of benzene rings is 2. The fourth-order valence-corrected chi connectivity index (χ4v) is 1.89. The molecular weight excluding hydrogens is 240 g/mol. The Morgan fingerprint density at radius 3 is 2.21 bits per heavy atom. The SMILES string of the molecule is CN(C)c1ccccc1Nc1ccccc1C(=O)O. The Morgan fingerprint density at radius 2 is 1.58 bits per heavy atom. The maximum absolute atomic E-state index is 11.2. The zero-order valence-corrected chi connectivity index (χ0v) is 10.9. The van der Waals surface area contributed by atoms with Crippen LogP contribution in [0.4, 0.5) is 17.1 Å². The van der Waals surface area contributed by atoms with Crippen molar-refractivity contribution in [3.05, 3.63) is 54.1 Å². The summed E-state index contributed by atoms with van der Waals surface area (Å²) in [6.45, 7) is 0. The van der Waals surface area contributed by atoms with E-state index in [0.717, 1.165) is 11.4 Å². The molecule has 0 spiro atoms. The van der Waals surface area contributed by atoms with Gasteiger partial charge >= 0.3 is 5.97 Å². The van der Waals surface area contributed by atoms with Gasteiger partial charge in [0.2, 0.25) is 0 Å². The molecule has 0 saturated carbocycles. The van der Waals surface area contributed by atoms with Crippen molar-refractivity contribution in [2.75, 3.05) is 24.3 Å². The van der Waals surface area contributed by atoms with Crippen LogP contribution in [-0.2, 0) is 0 Å². The first-order valence-electron chi connectivity index (χ1n) is 5.95. The number of anilines is 3. The lowest BCUT2D eigenvalue weighted by atomic mass is 10.1. The molecule has 0 radical (unpaired) electrons. The molecular formula is C15H16N2O2. The number of nitrogens with one attached hydrogen (secondary N) is 1. The topological polar surface area (TPSA) is 52.6 Å². The van der Waals surface area contributed by atoms with Gasteiger partial charge in [-0.1, -0.05) is 24.3 Å². The minimum atomic E-state index is -0.939. The monoisotopic (exact) mass is 256 g/mol. The van der Waals surface area contributed by atoms with Crippen LogP contribution in [0.1, 0.15) is 10.4 Å². The van der Waals surface area contributed by atoms with E-state index in [0.29, 0.717) is 5.69 Å². The minimum Gasteiger partial charge on any atom is -0.478 e. The number of hydrogen-bond donors (Lipinski definition) is 2.